The van der Waals surface area contributed by atoms with Gasteiger partial charge in [-0.3, -0.25) is 14.5 Å². The molecule has 1 saturated heterocycles. The van der Waals surface area contributed by atoms with E-state index in [2.05, 4.69) is 35.4 Å². The van der Waals surface area contributed by atoms with E-state index in [1.54, 1.807) is 0 Å². The summed E-state index contributed by atoms with van der Waals surface area (Å²) in [5.74, 6) is 1.65. The highest BCUT2D eigenvalue weighted by atomic mass is 79.9. The van der Waals surface area contributed by atoms with Crippen molar-refractivity contribution in [2.24, 2.45) is 11.7 Å². The first kappa shape index (κ1) is 27.6. The van der Waals surface area contributed by atoms with Crippen LogP contribution in [0.3, 0.4) is 0 Å². The fourth-order valence-electron chi connectivity index (χ4n) is 4.68. The highest BCUT2D eigenvalue weighted by Crippen LogP contribution is 2.43. The molecule has 39 heavy (non-hydrogen) atoms. The first-order chi connectivity index (χ1) is 18.8. The molecule has 0 saturated carbocycles. The molecule has 0 radical (unpaired) electrons. The van der Waals surface area contributed by atoms with Gasteiger partial charge >= 0.3 is 5.97 Å². The predicted molar refractivity (Wildman–Crippen MR) is 147 cm³/mol. The molecule has 14 heteroatoms. The summed E-state index contributed by atoms with van der Waals surface area (Å²) in [5.41, 5.74) is 13.0. The number of benzene rings is 1. The Morgan fingerprint density at radius 1 is 1.28 bits per heavy atom. The second-order valence-corrected chi connectivity index (χ2v) is 11.5. The third-order valence-corrected chi connectivity index (χ3v) is 8.82. The Labute approximate surface area is 237 Å². The molecule has 4 N–H and O–H groups in total. The molecule has 2 aromatic heterocycles. The summed E-state index contributed by atoms with van der Waals surface area (Å²) in [6, 6.07) is 3.07. The van der Waals surface area contributed by atoms with Crippen LogP contribution in [-0.2, 0) is 20.9 Å². The van der Waals surface area contributed by atoms with E-state index in [1.165, 1.54) is 25.0 Å². The van der Waals surface area contributed by atoms with Gasteiger partial charge in [-0.1, -0.05) is 11.8 Å². The summed E-state index contributed by atoms with van der Waals surface area (Å²) in [6.45, 7) is 4.46. The Morgan fingerprint density at radius 3 is 2.74 bits per heavy atom. The molecular weight excluding hydrogens is 590 g/mol. The minimum absolute atomic E-state index is 0.202. The van der Waals surface area contributed by atoms with Gasteiger partial charge in [0.25, 0.3) is 0 Å². The van der Waals surface area contributed by atoms with E-state index < -0.39 is 18.1 Å². The Morgan fingerprint density at radius 2 is 2.03 bits per heavy atom. The number of esters is 1. The molecule has 2 aliphatic heterocycles. The van der Waals surface area contributed by atoms with Gasteiger partial charge < -0.3 is 30.2 Å². The van der Waals surface area contributed by atoms with Gasteiger partial charge in [0.1, 0.15) is 12.4 Å². The lowest BCUT2D eigenvalue weighted by molar-refractivity contribution is -0.153. The molecule has 0 spiro atoms. The van der Waals surface area contributed by atoms with E-state index >= 15 is 0 Å². The number of aldehydes is 1. The highest BCUT2D eigenvalue weighted by molar-refractivity contribution is 9.10. The summed E-state index contributed by atoms with van der Waals surface area (Å²) < 4.78 is 19.2. The number of likely N-dealkylation sites (tertiary alicyclic amines) is 1. The number of rotatable bonds is 10. The van der Waals surface area contributed by atoms with Crippen molar-refractivity contribution in [2.45, 2.75) is 54.9 Å². The maximum atomic E-state index is 11.8. The summed E-state index contributed by atoms with van der Waals surface area (Å²) in [6.07, 6.45) is 4.18. The smallest absolute Gasteiger partial charge is 0.323 e. The largest absolute Gasteiger partial charge is 0.454 e. The Bertz CT molecular complexity index is 1360. The number of carbonyl (C=O) groups excluding carboxylic acids is 2. The van der Waals surface area contributed by atoms with Crippen molar-refractivity contribution in [1.82, 2.24) is 24.4 Å². The number of hydrogen-bond acceptors (Lipinski definition) is 12. The highest BCUT2D eigenvalue weighted by Gasteiger charge is 2.26. The molecule has 0 aliphatic carbocycles. The number of nitrogens with zero attached hydrogens (tertiary/aromatic N) is 5. The van der Waals surface area contributed by atoms with Crippen molar-refractivity contribution in [3.63, 3.8) is 0 Å². The van der Waals surface area contributed by atoms with Crippen molar-refractivity contribution < 1.29 is 23.8 Å². The summed E-state index contributed by atoms with van der Waals surface area (Å²) >= 11 is 5.13. The molecule has 1 unspecified atom stereocenters. The average molecular weight is 621 g/mol. The maximum Gasteiger partial charge on any atom is 0.323 e. The topological polar surface area (TPSA) is 161 Å². The standard InChI is InChI=1S/C25H30BrN7O5S/c1-14(27)24(35)38-16(11-34)10-32-5-2-15(3-6-32)4-7-33-23-21(22(28)29-12-30-23)31-25(33)39-20-9-19-18(8-17(20)26)36-13-37-19/h8-9,11-12,14-16H,2-7,10,13,27H2,1H3,(H2,28,29,30)/t14-,16?/m0/s1. The number of piperidine rings is 1. The average Bonchev–Trinajstić information content (AvgIpc) is 3.52. The quantitative estimate of drug-likeness (QED) is 0.252. The molecule has 3 aromatic rings. The molecule has 1 fully saturated rings. The monoisotopic (exact) mass is 619 g/mol. The number of nitrogen functional groups attached to an aromatic ring is 1. The summed E-state index contributed by atoms with van der Waals surface area (Å²) in [5, 5.41) is 0.763. The van der Waals surface area contributed by atoms with Gasteiger partial charge in [0, 0.05) is 22.5 Å². The lowest BCUT2D eigenvalue weighted by atomic mass is 9.93. The van der Waals surface area contributed by atoms with Crippen LogP contribution < -0.4 is 20.9 Å². The van der Waals surface area contributed by atoms with Crippen molar-refractivity contribution in [1.29, 1.82) is 0 Å². The van der Waals surface area contributed by atoms with E-state index in [4.69, 9.17) is 30.7 Å². The van der Waals surface area contributed by atoms with Crippen LogP contribution in [0.4, 0.5) is 5.82 Å². The Hall–Kier alpha value is -2.94. The fraction of sp³-hybridized carbons (Fsp3) is 0.480. The van der Waals surface area contributed by atoms with E-state index in [1.807, 2.05) is 12.1 Å². The minimum Gasteiger partial charge on any atom is -0.454 e. The number of carbonyl (C=O) groups is 2. The van der Waals surface area contributed by atoms with Crippen LogP contribution in [0.15, 0.2) is 33.0 Å². The van der Waals surface area contributed by atoms with Gasteiger partial charge in [-0.05, 0) is 73.3 Å². The van der Waals surface area contributed by atoms with E-state index in [9.17, 15) is 9.59 Å². The van der Waals surface area contributed by atoms with Crippen LogP contribution >= 0.6 is 27.7 Å². The van der Waals surface area contributed by atoms with Crippen LogP contribution in [0.2, 0.25) is 0 Å². The number of aromatic nitrogens is 4. The summed E-state index contributed by atoms with van der Waals surface area (Å²) in [7, 11) is 0. The molecular formula is C25H30BrN7O5S. The van der Waals surface area contributed by atoms with Crippen LogP contribution in [0.25, 0.3) is 11.2 Å². The zero-order valence-electron chi connectivity index (χ0n) is 21.4. The van der Waals surface area contributed by atoms with Crippen molar-refractivity contribution in [3.8, 4) is 11.5 Å². The van der Waals surface area contributed by atoms with Gasteiger partial charge in [-0.25, -0.2) is 15.0 Å². The van der Waals surface area contributed by atoms with Gasteiger partial charge in [0.05, 0.1) is 0 Å². The van der Waals surface area contributed by atoms with Crippen LogP contribution in [0, 0.1) is 5.92 Å². The van der Waals surface area contributed by atoms with Crippen LogP contribution in [0.1, 0.15) is 26.2 Å². The number of imidazole rings is 1. The van der Waals surface area contributed by atoms with E-state index in [0.29, 0.717) is 53.8 Å². The van der Waals surface area contributed by atoms with Gasteiger partial charge in [0.15, 0.2) is 46.0 Å². The number of hydrogen-bond donors (Lipinski definition) is 2. The Balaban J connectivity index is 1.25. The first-order valence-electron chi connectivity index (χ1n) is 12.7. The third kappa shape index (κ3) is 6.29. The van der Waals surface area contributed by atoms with Gasteiger partial charge in [0.2, 0.25) is 6.79 Å². The minimum atomic E-state index is -0.808. The number of anilines is 1. The van der Waals surface area contributed by atoms with Crippen molar-refractivity contribution in [2.75, 3.05) is 32.2 Å². The second kappa shape index (κ2) is 12.1. The maximum absolute atomic E-state index is 11.8. The van der Waals surface area contributed by atoms with Gasteiger partial charge in [-0.15, -0.1) is 0 Å². The first-order valence-corrected chi connectivity index (χ1v) is 14.3. The number of ether oxygens (including phenoxy) is 3. The predicted octanol–water partition coefficient (Wildman–Crippen LogP) is 2.61. The summed E-state index contributed by atoms with van der Waals surface area (Å²) in [4.78, 5) is 39.7. The fourth-order valence-corrected chi connectivity index (χ4v) is 6.19. The SMILES string of the molecule is C[C@H](N)C(=O)OC(C=O)CN1CCC(CCn2c(Sc3cc4c(cc3Br)OCO4)nc3c(N)ncnc32)CC1. The van der Waals surface area contributed by atoms with Gasteiger partial charge in [-0.2, -0.15) is 0 Å². The Kier molecular flexibility index (Phi) is 8.54. The molecule has 2 aliphatic rings. The molecule has 2 atom stereocenters. The molecule has 5 rings (SSSR count). The molecule has 12 nitrogen and oxygen atoms in total. The van der Waals surface area contributed by atoms with Crippen LogP contribution in [-0.4, -0.2) is 75.2 Å². The normalized spacial score (nSPS) is 17.3. The number of halogens is 1. The molecule has 4 heterocycles. The third-order valence-electron chi connectivity index (χ3n) is 6.85. The zero-order chi connectivity index (χ0) is 27.5. The molecule has 208 valence electrons. The number of fused-ring (bicyclic) bond motifs is 2. The lowest BCUT2D eigenvalue weighted by Gasteiger charge is -2.33. The van der Waals surface area contributed by atoms with E-state index in [0.717, 1.165) is 46.9 Å². The molecule has 0 bridgehead atoms. The molecule has 1 aromatic carbocycles. The number of aryl methyl sites for hydroxylation is 1. The van der Waals surface area contributed by atoms with Crippen molar-refractivity contribution >= 4 is 56.9 Å². The lowest BCUT2D eigenvalue weighted by Crippen LogP contribution is -2.42. The molecule has 0 amide bonds. The van der Waals surface area contributed by atoms with Crippen LogP contribution in [0.5, 0.6) is 11.5 Å². The zero-order valence-corrected chi connectivity index (χ0v) is 23.8. The second-order valence-electron chi connectivity index (χ2n) is 9.65. The van der Waals surface area contributed by atoms with Crippen molar-refractivity contribution in [3.05, 3.63) is 22.9 Å². The number of nitrogens with two attached hydrogens (primary N) is 2. The van der Waals surface area contributed by atoms with E-state index in [-0.39, 0.29) is 6.79 Å².